The summed E-state index contributed by atoms with van der Waals surface area (Å²) in [5.74, 6) is -1.57. The molecule has 0 radical (unpaired) electrons. The minimum Gasteiger partial charge on any atom is -0.368 e. The van der Waals surface area contributed by atoms with E-state index in [0.717, 1.165) is 6.07 Å². The molecule has 0 aliphatic heterocycles. The summed E-state index contributed by atoms with van der Waals surface area (Å²) in [5.41, 5.74) is -0.486. The number of hydrogen-bond donors (Lipinski definition) is 0. The number of esters is 1. The molecule has 0 saturated heterocycles. The van der Waals surface area contributed by atoms with Gasteiger partial charge in [0.15, 0.2) is 5.69 Å². The van der Waals surface area contributed by atoms with Gasteiger partial charge in [0.1, 0.15) is 0 Å². The highest BCUT2D eigenvalue weighted by molar-refractivity contribution is 5.86. The van der Waals surface area contributed by atoms with Crippen LogP contribution in [-0.2, 0) is 4.74 Å². The standard InChI is InChI=1S/C6H3F3N2O2/c7-6(8,9)13-5(12)4-2-1-3-10-11-4/h1-3H. The van der Waals surface area contributed by atoms with E-state index in [-0.39, 0.29) is 0 Å². The predicted molar refractivity (Wildman–Crippen MR) is 33.5 cm³/mol. The van der Waals surface area contributed by atoms with E-state index >= 15 is 0 Å². The molecule has 1 aromatic rings. The van der Waals surface area contributed by atoms with Gasteiger partial charge in [0.2, 0.25) is 0 Å². The molecule has 0 amide bonds. The number of alkyl halides is 3. The fraction of sp³-hybridized carbons (Fsp3) is 0.167. The molecule has 0 bridgehead atoms. The normalized spacial score (nSPS) is 11.0. The molecule has 0 aromatic carbocycles. The van der Waals surface area contributed by atoms with Gasteiger partial charge in [-0.15, -0.1) is 18.3 Å². The molecule has 1 aromatic heterocycles. The highest BCUT2D eigenvalue weighted by Crippen LogP contribution is 2.17. The maximum atomic E-state index is 11.5. The molecule has 0 fully saturated rings. The van der Waals surface area contributed by atoms with Crippen molar-refractivity contribution in [2.24, 2.45) is 0 Å². The first-order chi connectivity index (χ1) is 5.99. The molecule has 0 spiro atoms. The van der Waals surface area contributed by atoms with Gasteiger partial charge in [-0.2, -0.15) is 5.10 Å². The third-order valence-electron chi connectivity index (χ3n) is 0.990. The van der Waals surface area contributed by atoms with E-state index in [0.29, 0.717) is 0 Å². The summed E-state index contributed by atoms with van der Waals surface area (Å²) < 4.78 is 37.6. The summed E-state index contributed by atoms with van der Waals surface area (Å²) in [5, 5.41) is 6.36. The van der Waals surface area contributed by atoms with Gasteiger partial charge in [0.05, 0.1) is 0 Å². The zero-order valence-corrected chi connectivity index (χ0v) is 6.08. The molecule has 0 unspecified atom stereocenters. The van der Waals surface area contributed by atoms with Gasteiger partial charge in [-0.1, -0.05) is 0 Å². The highest BCUT2D eigenvalue weighted by Gasteiger charge is 2.34. The molecule has 13 heavy (non-hydrogen) atoms. The summed E-state index contributed by atoms with van der Waals surface area (Å²) in [6, 6.07) is 2.35. The van der Waals surface area contributed by atoms with Crippen LogP contribution in [0.4, 0.5) is 13.2 Å². The van der Waals surface area contributed by atoms with E-state index in [2.05, 4.69) is 14.9 Å². The van der Waals surface area contributed by atoms with E-state index in [1.54, 1.807) is 0 Å². The van der Waals surface area contributed by atoms with Crippen molar-refractivity contribution in [1.29, 1.82) is 0 Å². The largest absolute Gasteiger partial charge is 0.575 e. The number of aromatic nitrogens is 2. The van der Waals surface area contributed by atoms with Crippen LogP contribution >= 0.6 is 0 Å². The highest BCUT2D eigenvalue weighted by atomic mass is 19.4. The Morgan fingerprint density at radius 3 is 2.62 bits per heavy atom. The van der Waals surface area contributed by atoms with Crippen LogP contribution in [0.15, 0.2) is 18.3 Å². The Bertz CT molecular complexity index is 298. The summed E-state index contributed by atoms with van der Waals surface area (Å²) >= 11 is 0. The van der Waals surface area contributed by atoms with Crippen LogP contribution < -0.4 is 0 Å². The van der Waals surface area contributed by atoms with Crippen molar-refractivity contribution >= 4 is 5.97 Å². The van der Waals surface area contributed by atoms with Crippen LogP contribution in [-0.4, -0.2) is 22.5 Å². The molecule has 1 heterocycles. The SMILES string of the molecule is O=C(OC(F)(F)F)c1cccnn1. The fourth-order valence-electron chi connectivity index (χ4n) is 0.568. The van der Waals surface area contributed by atoms with Crippen LogP contribution in [0.2, 0.25) is 0 Å². The van der Waals surface area contributed by atoms with Crippen LogP contribution in [0.1, 0.15) is 10.5 Å². The van der Waals surface area contributed by atoms with Gasteiger partial charge in [-0.05, 0) is 12.1 Å². The van der Waals surface area contributed by atoms with E-state index < -0.39 is 18.0 Å². The zero-order valence-electron chi connectivity index (χ0n) is 6.08. The van der Waals surface area contributed by atoms with Crippen molar-refractivity contribution in [1.82, 2.24) is 10.2 Å². The van der Waals surface area contributed by atoms with Crippen molar-refractivity contribution in [2.45, 2.75) is 6.36 Å². The smallest absolute Gasteiger partial charge is 0.368 e. The summed E-state index contributed by atoms with van der Waals surface area (Å²) in [7, 11) is 0. The van der Waals surface area contributed by atoms with Gasteiger partial charge in [-0.3, -0.25) is 0 Å². The average molecular weight is 192 g/mol. The lowest BCUT2D eigenvalue weighted by molar-refractivity contribution is -0.292. The van der Waals surface area contributed by atoms with Crippen molar-refractivity contribution < 1.29 is 22.7 Å². The Balaban J connectivity index is 2.71. The van der Waals surface area contributed by atoms with E-state index in [9.17, 15) is 18.0 Å². The number of nitrogens with zero attached hydrogens (tertiary/aromatic N) is 2. The van der Waals surface area contributed by atoms with E-state index in [4.69, 9.17) is 0 Å². The lowest BCUT2D eigenvalue weighted by atomic mass is 10.4. The van der Waals surface area contributed by atoms with Crippen LogP contribution in [0.5, 0.6) is 0 Å². The number of carbonyl (C=O) groups excluding carboxylic acids is 1. The second-order valence-corrected chi connectivity index (χ2v) is 1.94. The maximum Gasteiger partial charge on any atom is 0.575 e. The summed E-state index contributed by atoms with van der Waals surface area (Å²) in [6.45, 7) is 0. The molecular formula is C6H3F3N2O2. The molecular weight excluding hydrogens is 189 g/mol. The van der Waals surface area contributed by atoms with Crippen LogP contribution in [0, 0.1) is 0 Å². The van der Waals surface area contributed by atoms with Crippen molar-refractivity contribution in [3.63, 3.8) is 0 Å². The third-order valence-corrected chi connectivity index (χ3v) is 0.990. The monoisotopic (exact) mass is 192 g/mol. The molecule has 7 heteroatoms. The van der Waals surface area contributed by atoms with E-state index in [1.165, 1.54) is 12.3 Å². The number of hydrogen-bond acceptors (Lipinski definition) is 4. The minimum atomic E-state index is -4.99. The van der Waals surface area contributed by atoms with Gasteiger partial charge < -0.3 is 4.74 Å². The minimum absolute atomic E-state index is 0.486. The number of rotatable bonds is 1. The fourth-order valence-corrected chi connectivity index (χ4v) is 0.568. The quantitative estimate of drug-likeness (QED) is 0.626. The lowest BCUT2D eigenvalue weighted by Crippen LogP contribution is -2.20. The Hall–Kier alpha value is -1.66. The average Bonchev–Trinajstić information content (AvgIpc) is 2.03. The van der Waals surface area contributed by atoms with Crippen molar-refractivity contribution in [3.05, 3.63) is 24.0 Å². The first kappa shape index (κ1) is 9.43. The Labute approximate surface area is 70.3 Å². The van der Waals surface area contributed by atoms with Gasteiger partial charge in [0.25, 0.3) is 0 Å². The molecule has 1 rings (SSSR count). The Kier molecular flexibility index (Phi) is 2.45. The Morgan fingerprint density at radius 1 is 1.46 bits per heavy atom. The van der Waals surface area contributed by atoms with E-state index in [1.807, 2.05) is 0 Å². The molecule has 70 valence electrons. The third kappa shape index (κ3) is 3.06. The van der Waals surface area contributed by atoms with Gasteiger partial charge >= 0.3 is 12.3 Å². The Morgan fingerprint density at radius 2 is 2.15 bits per heavy atom. The van der Waals surface area contributed by atoms with Crippen molar-refractivity contribution in [2.75, 3.05) is 0 Å². The number of carbonyl (C=O) groups is 1. The second-order valence-electron chi connectivity index (χ2n) is 1.94. The lowest BCUT2D eigenvalue weighted by Gasteiger charge is -2.05. The molecule has 0 saturated carbocycles. The molecule has 0 aliphatic rings. The second kappa shape index (κ2) is 3.38. The van der Waals surface area contributed by atoms with Crippen LogP contribution in [0.3, 0.4) is 0 Å². The summed E-state index contributed by atoms with van der Waals surface area (Å²) in [6.07, 6.45) is -3.76. The molecule has 0 N–H and O–H groups in total. The van der Waals surface area contributed by atoms with Gasteiger partial charge in [-0.25, -0.2) is 4.79 Å². The van der Waals surface area contributed by atoms with Gasteiger partial charge in [0, 0.05) is 6.20 Å². The van der Waals surface area contributed by atoms with Crippen LogP contribution in [0.25, 0.3) is 0 Å². The van der Waals surface area contributed by atoms with Crippen molar-refractivity contribution in [3.8, 4) is 0 Å². The molecule has 0 aliphatic carbocycles. The first-order valence-electron chi connectivity index (χ1n) is 3.07. The number of ether oxygens (including phenoxy) is 1. The zero-order chi connectivity index (χ0) is 9.90. The first-order valence-corrected chi connectivity index (χ1v) is 3.07. The molecule has 0 atom stereocenters. The maximum absolute atomic E-state index is 11.5. The topological polar surface area (TPSA) is 52.1 Å². The summed E-state index contributed by atoms with van der Waals surface area (Å²) in [4.78, 5) is 10.6. The molecule has 4 nitrogen and oxygen atoms in total. The predicted octanol–water partition coefficient (Wildman–Crippen LogP) is 1.15. The number of halogens is 3.